The highest BCUT2D eigenvalue weighted by Crippen LogP contribution is 2.22. The summed E-state index contributed by atoms with van der Waals surface area (Å²) in [5.74, 6) is 1.89. The Bertz CT molecular complexity index is 968. The number of carbonyl (C=O) groups is 1. The molecule has 1 amide bonds. The maximum atomic E-state index is 12.5. The summed E-state index contributed by atoms with van der Waals surface area (Å²) < 4.78 is 12.8. The van der Waals surface area contributed by atoms with E-state index < -0.39 is 0 Å². The van der Waals surface area contributed by atoms with Crippen LogP contribution in [-0.2, 0) is 4.79 Å². The number of amides is 1. The van der Waals surface area contributed by atoms with Crippen molar-refractivity contribution in [2.75, 3.05) is 33.1 Å². The monoisotopic (exact) mass is 426 g/mol. The lowest BCUT2D eigenvalue weighted by atomic mass is 10.1. The van der Waals surface area contributed by atoms with Gasteiger partial charge in [-0.2, -0.15) is 0 Å². The number of thioether (sulfide) groups is 1. The number of nitrogens with zero attached hydrogens (tertiary/aromatic N) is 4. The number of aryl methyl sites for hydroxylation is 2. The third-order valence-electron chi connectivity index (χ3n) is 4.51. The van der Waals surface area contributed by atoms with Crippen LogP contribution in [0.3, 0.4) is 0 Å². The summed E-state index contributed by atoms with van der Waals surface area (Å²) in [6, 6.07) is 13.7. The first-order valence-electron chi connectivity index (χ1n) is 9.58. The van der Waals surface area contributed by atoms with Crippen molar-refractivity contribution in [3.63, 3.8) is 0 Å². The zero-order valence-electron chi connectivity index (χ0n) is 17.7. The molecule has 0 N–H and O–H groups in total. The molecule has 0 aliphatic rings. The Kier molecular flexibility index (Phi) is 7.35. The lowest BCUT2D eigenvalue weighted by molar-refractivity contribution is -0.127. The van der Waals surface area contributed by atoms with Gasteiger partial charge in [-0.15, -0.1) is 10.2 Å². The van der Waals surface area contributed by atoms with Crippen LogP contribution in [0.25, 0.3) is 5.69 Å². The van der Waals surface area contributed by atoms with Gasteiger partial charge in [-0.05, 0) is 61.4 Å². The SMILES string of the molecule is COc1ccc(-n2cnnc2SCC(=O)N(C)CCOc2cc(C)cc(C)c2)cc1. The average Bonchev–Trinajstić information content (AvgIpc) is 3.20. The minimum Gasteiger partial charge on any atom is -0.497 e. The van der Waals surface area contributed by atoms with Crippen molar-refractivity contribution in [2.45, 2.75) is 19.0 Å². The number of hydrogen-bond donors (Lipinski definition) is 0. The smallest absolute Gasteiger partial charge is 0.232 e. The van der Waals surface area contributed by atoms with Gasteiger partial charge in [0, 0.05) is 12.7 Å². The molecule has 0 aliphatic carbocycles. The summed E-state index contributed by atoms with van der Waals surface area (Å²) in [7, 11) is 3.41. The number of hydrogen-bond acceptors (Lipinski definition) is 6. The first-order chi connectivity index (χ1) is 14.5. The van der Waals surface area contributed by atoms with Crippen molar-refractivity contribution in [3.8, 4) is 17.2 Å². The number of carbonyl (C=O) groups excluding carboxylic acids is 1. The number of methoxy groups -OCH3 is 1. The summed E-state index contributed by atoms with van der Waals surface area (Å²) in [5, 5.41) is 8.77. The molecule has 1 aromatic heterocycles. The second-order valence-corrected chi connectivity index (χ2v) is 7.90. The molecule has 158 valence electrons. The van der Waals surface area contributed by atoms with E-state index in [2.05, 4.69) is 16.3 Å². The molecule has 0 radical (unpaired) electrons. The summed E-state index contributed by atoms with van der Waals surface area (Å²) in [4.78, 5) is 14.2. The van der Waals surface area contributed by atoms with Crippen molar-refractivity contribution in [1.29, 1.82) is 0 Å². The van der Waals surface area contributed by atoms with Crippen LogP contribution >= 0.6 is 11.8 Å². The van der Waals surface area contributed by atoms with Gasteiger partial charge in [0.1, 0.15) is 24.4 Å². The van der Waals surface area contributed by atoms with Crippen LogP contribution < -0.4 is 9.47 Å². The lowest BCUT2D eigenvalue weighted by Crippen LogP contribution is -2.32. The standard InChI is InChI=1S/C22H26N4O3S/c1-16-11-17(2)13-20(12-16)29-10-9-25(3)21(27)14-30-22-24-23-15-26(22)18-5-7-19(28-4)8-6-18/h5-8,11-13,15H,9-10,14H2,1-4H3. The largest absolute Gasteiger partial charge is 0.497 e. The first kappa shape index (κ1) is 21.7. The minimum absolute atomic E-state index is 0.00769. The predicted molar refractivity (Wildman–Crippen MR) is 118 cm³/mol. The molecule has 30 heavy (non-hydrogen) atoms. The van der Waals surface area contributed by atoms with Crippen molar-refractivity contribution >= 4 is 17.7 Å². The van der Waals surface area contributed by atoms with E-state index in [1.165, 1.54) is 11.8 Å². The molecule has 7 nitrogen and oxygen atoms in total. The fourth-order valence-electron chi connectivity index (χ4n) is 2.92. The molecule has 0 saturated carbocycles. The molecule has 1 heterocycles. The molecule has 3 aromatic rings. The van der Waals surface area contributed by atoms with E-state index in [4.69, 9.17) is 9.47 Å². The fourth-order valence-corrected chi connectivity index (χ4v) is 3.79. The van der Waals surface area contributed by atoms with Crippen molar-refractivity contribution in [2.24, 2.45) is 0 Å². The Morgan fingerprint density at radius 1 is 1.10 bits per heavy atom. The van der Waals surface area contributed by atoms with E-state index in [0.29, 0.717) is 18.3 Å². The normalized spacial score (nSPS) is 10.7. The Hall–Kier alpha value is -3.00. The summed E-state index contributed by atoms with van der Waals surface area (Å²) in [5.41, 5.74) is 3.23. The molecule has 0 bridgehead atoms. The van der Waals surface area contributed by atoms with Gasteiger partial charge < -0.3 is 14.4 Å². The average molecular weight is 427 g/mol. The van der Waals surface area contributed by atoms with Gasteiger partial charge in [0.15, 0.2) is 5.16 Å². The fraction of sp³-hybridized carbons (Fsp3) is 0.318. The molecule has 0 spiro atoms. The molecule has 0 fully saturated rings. The highest BCUT2D eigenvalue weighted by atomic mass is 32.2. The Labute approximate surface area is 181 Å². The van der Waals surface area contributed by atoms with Crippen LogP contribution in [0.15, 0.2) is 53.9 Å². The molecule has 3 rings (SSSR count). The van der Waals surface area contributed by atoms with E-state index >= 15 is 0 Å². The zero-order valence-corrected chi connectivity index (χ0v) is 18.5. The van der Waals surface area contributed by atoms with Gasteiger partial charge in [-0.25, -0.2) is 0 Å². The third-order valence-corrected chi connectivity index (χ3v) is 5.44. The van der Waals surface area contributed by atoms with Crippen LogP contribution in [0.1, 0.15) is 11.1 Å². The van der Waals surface area contributed by atoms with Gasteiger partial charge >= 0.3 is 0 Å². The highest BCUT2D eigenvalue weighted by Gasteiger charge is 2.13. The summed E-state index contributed by atoms with van der Waals surface area (Å²) >= 11 is 1.35. The second kappa shape index (κ2) is 10.2. The van der Waals surface area contributed by atoms with Gasteiger partial charge in [0.2, 0.25) is 5.91 Å². The quantitative estimate of drug-likeness (QED) is 0.488. The zero-order chi connectivity index (χ0) is 21.5. The molecule has 8 heteroatoms. The van der Waals surface area contributed by atoms with Crippen molar-refractivity contribution in [3.05, 3.63) is 59.9 Å². The predicted octanol–water partition coefficient (Wildman–Crippen LogP) is 3.52. The van der Waals surface area contributed by atoms with Crippen LogP contribution in [0.5, 0.6) is 11.5 Å². The van der Waals surface area contributed by atoms with Crippen LogP contribution in [0, 0.1) is 13.8 Å². The topological polar surface area (TPSA) is 69.5 Å². The van der Waals surface area contributed by atoms with Gasteiger partial charge in [-0.3, -0.25) is 9.36 Å². The maximum absolute atomic E-state index is 12.5. The highest BCUT2D eigenvalue weighted by molar-refractivity contribution is 7.99. The third kappa shape index (κ3) is 5.76. The number of benzene rings is 2. The second-order valence-electron chi connectivity index (χ2n) is 6.96. The van der Waals surface area contributed by atoms with Crippen molar-refractivity contribution in [1.82, 2.24) is 19.7 Å². The molecular weight excluding hydrogens is 400 g/mol. The van der Waals surface area contributed by atoms with E-state index in [1.807, 2.05) is 54.8 Å². The number of rotatable bonds is 9. The van der Waals surface area contributed by atoms with Crippen molar-refractivity contribution < 1.29 is 14.3 Å². The number of likely N-dealkylation sites (N-methyl/N-ethyl adjacent to an activating group) is 1. The maximum Gasteiger partial charge on any atom is 0.232 e. The summed E-state index contributed by atoms with van der Waals surface area (Å²) in [6.45, 7) is 5.03. The molecule has 0 atom stereocenters. The minimum atomic E-state index is 0.00769. The van der Waals surface area contributed by atoms with E-state index in [9.17, 15) is 4.79 Å². The van der Waals surface area contributed by atoms with E-state index in [-0.39, 0.29) is 11.7 Å². The van der Waals surface area contributed by atoms with Crippen LogP contribution in [-0.4, -0.2) is 58.6 Å². The van der Waals surface area contributed by atoms with Crippen LogP contribution in [0.2, 0.25) is 0 Å². The van der Waals surface area contributed by atoms with Gasteiger partial charge in [0.05, 0.1) is 19.4 Å². The molecule has 2 aromatic carbocycles. The van der Waals surface area contributed by atoms with E-state index in [0.717, 1.165) is 28.3 Å². The number of aromatic nitrogens is 3. The summed E-state index contributed by atoms with van der Waals surface area (Å²) in [6.07, 6.45) is 1.63. The van der Waals surface area contributed by atoms with Crippen LogP contribution in [0.4, 0.5) is 0 Å². The van der Waals surface area contributed by atoms with E-state index in [1.54, 1.807) is 25.4 Å². The number of ether oxygens (including phenoxy) is 2. The lowest BCUT2D eigenvalue weighted by Gasteiger charge is -2.17. The Balaban J connectivity index is 1.50. The Morgan fingerprint density at radius 2 is 1.80 bits per heavy atom. The molecule has 0 unspecified atom stereocenters. The first-order valence-corrected chi connectivity index (χ1v) is 10.6. The molecular formula is C22H26N4O3S. The molecule has 0 aliphatic heterocycles. The van der Waals surface area contributed by atoms with Gasteiger partial charge in [-0.1, -0.05) is 17.8 Å². The van der Waals surface area contributed by atoms with Gasteiger partial charge in [0.25, 0.3) is 0 Å². The molecule has 0 saturated heterocycles. The Morgan fingerprint density at radius 3 is 2.47 bits per heavy atom.